The van der Waals surface area contributed by atoms with Crippen LogP contribution in [-0.2, 0) is 14.3 Å². The minimum Gasteiger partial charge on any atom is -0.468 e. The van der Waals surface area contributed by atoms with Crippen LogP contribution in [0.3, 0.4) is 0 Å². The second kappa shape index (κ2) is 3.76. The van der Waals surface area contributed by atoms with Crippen molar-refractivity contribution in [2.24, 2.45) is 11.1 Å². The van der Waals surface area contributed by atoms with Crippen LogP contribution in [0.1, 0.15) is 32.1 Å². The van der Waals surface area contributed by atoms with Crippen LogP contribution in [0, 0.1) is 5.41 Å². The van der Waals surface area contributed by atoms with Gasteiger partial charge in [0.2, 0.25) is 0 Å². The predicted octanol–water partition coefficient (Wildman–Crippen LogP) is 0.838. The van der Waals surface area contributed by atoms with Gasteiger partial charge in [0.15, 0.2) is 0 Å². The molecule has 1 aliphatic carbocycles. The number of hydrogen-bond acceptors (Lipinski definition) is 4. The van der Waals surface area contributed by atoms with E-state index in [2.05, 4.69) is 0 Å². The number of nitrogens with two attached hydrogens (primary N) is 1. The Morgan fingerprint density at radius 2 is 2.00 bits per heavy atom. The van der Waals surface area contributed by atoms with Crippen LogP contribution in [-0.4, -0.2) is 31.8 Å². The molecule has 0 aromatic carbocycles. The molecular weight excluding hydrogens is 194 g/mol. The zero-order valence-electron chi connectivity index (χ0n) is 9.25. The molecule has 1 heterocycles. The van der Waals surface area contributed by atoms with Gasteiger partial charge in [0.25, 0.3) is 0 Å². The van der Waals surface area contributed by atoms with Crippen molar-refractivity contribution >= 4 is 5.97 Å². The first-order valence-corrected chi connectivity index (χ1v) is 5.60. The third-order valence-electron chi connectivity index (χ3n) is 4.08. The van der Waals surface area contributed by atoms with Crippen LogP contribution >= 0.6 is 0 Å². The van der Waals surface area contributed by atoms with Crippen LogP contribution in [0.15, 0.2) is 0 Å². The molecule has 2 aliphatic rings. The summed E-state index contributed by atoms with van der Waals surface area (Å²) in [5.41, 5.74) is 5.31. The normalized spacial score (nSPS) is 34.3. The van der Waals surface area contributed by atoms with E-state index in [1.807, 2.05) is 0 Å². The zero-order chi connectivity index (χ0) is 10.9. The van der Waals surface area contributed by atoms with Gasteiger partial charge >= 0.3 is 5.97 Å². The highest BCUT2D eigenvalue weighted by Crippen LogP contribution is 2.49. The van der Waals surface area contributed by atoms with Crippen molar-refractivity contribution in [2.45, 2.75) is 37.6 Å². The summed E-state index contributed by atoms with van der Waals surface area (Å²) < 4.78 is 10.4. The van der Waals surface area contributed by atoms with Crippen LogP contribution < -0.4 is 5.73 Å². The smallest absolute Gasteiger partial charge is 0.326 e. The van der Waals surface area contributed by atoms with Crippen molar-refractivity contribution in [3.63, 3.8) is 0 Å². The molecule has 2 N–H and O–H groups in total. The van der Waals surface area contributed by atoms with Gasteiger partial charge in [-0.3, -0.25) is 4.79 Å². The minimum atomic E-state index is -0.823. The van der Waals surface area contributed by atoms with Crippen molar-refractivity contribution in [1.29, 1.82) is 0 Å². The van der Waals surface area contributed by atoms with E-state index in [1.54, 1.807) is 0 Å². The van der Waals surface area contributed by atoms with Gasteiger partial charge in [0, 0.05) is 18.4 Å². The van der Waals surface area contributed by atoms with Crippen molar-refractivity contribution in [1.82, 2.24) is 0 Å². The Morgan fingerprint density at radius 3 is 2.60 bits per heavy atom. The second-order valence-corrected chi connectivity index (χ2v) is 4.75. The Hall–Kier alpha value is -0.610. The maximum Gasteiger partial charge on any atom is 0.326 e. The highest BCUT2D eigenvalue weighted by atomic mass is 16.5. The highest BCUT2D eigenvalue weighted by Gasteiger charge is 2.57. The molecule has 15 heavy (non-hydrogen) atoms. The Labute approximate surface area is 90.1 Å². The maximum atomic E-state index is 11.8. The van der Waals surface area contributed by atoms with E-state index in [4.69, 9.17) is 15.2 Å². The van der Waals surface area contributed by atoms with Crippen molar-refractivity contribution in [2.75, 3.05) is 20.3 Å². The fourth-order valence-corrected chi connectivity index (χ4v) is 3.04. The van der Waals surface area contributed by atoms with Gasteiger partial charge < -0.3 is 15.2 Å². The minimum absolute atomic E-state index is 0.168. The van der Waals surface area contributed by atoms with Gasteiger partial charge in [-0.2, -0.15) is 0 Å². The van der Waals surface area contributed by atoms with E-state index in [1.165, 1.54) is 7.11 Å². The summed E-state index contributed by atoms with van der Waals surface area (Å²) in [6.45, 7) is 1.17. The Morgan fingerprint density at radius 1 is 1.33 bits per heavy atom. The zero-order valence-corrected chi connectivity index (χ0v) is 9.25. The number of methoxy groups -OCH3 is 1. The van der Waals surface area contributed by atoms with Gasteiger partial charge in [-0.1, -0.05) is 12.8 Å². The molecule has 4 nitrogen and oxygen atoms in total. The van der Waals surface area contributed by atoms with Crippen LogP contribution in [0.25, 0.3) is 0 Å². The molecule has 0 amide bonds. The largest absolute Gasteiger partial charge is 0.468 e. The fraction of sp³-hybridized carbons (Fsp3) is 0.909. The molecule has 2 fully saturated rings. The molecule has 1 spiro atoms. The van der Waals surface area contributed by atoms with Gasteiger partial charge in [-0.15, -0.1) is 0 Å². The first kappa shape index (κ1) is 10.9. The van der Waals surface area contributed by atoms with Crippen molar-refractivity contribution in [3.05, 3.63) is 0 Å². The number of carbonyl (C=O) groups excluding carboxylic acids is 1. The highest BCUT2D eigenvalue weighted by molar-refractivity contribution is 5.82. The Balaban J connectivity index is 2.29. The molecule has 0 aromatic heterocycles. The second-order valence-electron chi connectivity index (χ2n) is 4.75. The lowest BCUT2D eigenvalue weighted by molar-refractivity contribution is -0.163. The Bertz CT molecular complexity index is 261. The monoisotopic (exact) mass is 213 g/mol. The molecule has 1 saturated heterocycles. The van der Waals surface area contributed by atoms with E-state index in [0.29, 0.717) is 19.6 Å². The molecule has 1 unspecified atom stereocenters. The van der Waals surface area contributed by atoms with Gasteiger partial charge in [-0.05, 0) is 12.8 Å². The lowest BCUT2D eigenvalue weighted by atomic mass is 9.66. The summed E-state index contributed by atoms with van der Waals surface area (Å²) in [5.74, 6) is -0.271. The summed E-state index contributed by atoms with van der Waals surface area (Å²) in [4.78, 5) is 11.8. The summed E-state index contributed by atoms with van der Waals surface area (Å²) in [7, 11) is 1.41. The SMILES string of the molecule is COC(=O)C1(N)CCOCC12CCCC2. The number of ether oxygens (including phenoxy) is 2. The lowest BCUT2D eigenvalue weighted by Gasteiger charge is -2.47. The predicted molar refractivity (Wildman–Crippen MR) is 55.3 cm³/mol. The first-order valence-electron chi connectivity index (χ1n) is 5.60. The van der Waals surface area contributed by atoms with Crippen molar-refractivity contribution in [3.8, 4) is 0 Å². The Kier molecular flexibility index (Phi) is 2.73. The van der Waals surface area contributed by atoms with E-state index in [0.717, 1.165) is 25.7 Å². The molecular formula is C11H19NO3. The van der Waals surface area contributed by atoms with Gasteiger partial charge in [-0.25, -0.2) is 0 Å². The summed E-state index contributed by atoms with van der Waals surface area (Å²) in [5, 5.41) is 0. The number of hydrogen-bond donors (Lipinski definition) is 1. The van der Waals surface area contributed by atoms with Crippen LogP contribution in [0.2, 0.25) is 0 Å². The topological polar surface area (TPSA) is 61.5 Å². The third-order valence-corrected chi connectivity index (χ3v) is 4.08. The van der Waals surface area contributed by atoms with Crippen molar-refractivity contribution < 1.29 is 14.3 Å². The molecule has 86 valence electrons. The molecule has 0 radical (unpaired) electrons. The quantitative estimate of drug-likeness (QED) is 0.656. The fourth-order valence-electron chi connectivity index (χ4n) is 3.04. The van der Waals surface area contributed by atoms with Gasteiger partial charge in [0.1, 0.15) is 5.54 Å². The number of esters is 1. The molecule has 0 bridgehead atoms. The maximum absolute atomic E-state index is 11.8. The molecule has 0 aromatic rings. The van der Waals surface area contributed by atoms with Crippen LogP contribution in [0.5, 0.6) is 0 Å². The first-order chi connectivity index (χ1) is 7.15. The molecule has 1 aliphatic heterocycles. The summed E-state index contributed by atoms with van der Waals surface area (Å²) in [6, 6.07) is 0. The van der Waals surface area contributed by atoms with E-state index >= 15 is 0 Å². The summed E-state index contributed by atoms with van der Waals surface area (Å²) >= 11 is 0. The van der Waals surface area contributed by atoms with E-state index in [9.17, 15) is 4.79 Å². The van der Waals surface area contributed by atoms with E-state index in [-0.39, 0.29) is 11.4 Å². The number of carbonyl (C=O) groups is 1. The average Bonchev–Trinajstić information content (AvgIpc) is 2.71. The molecule has 2 rings (SSSR count). The lowest BCUT2D eigenvalue weighted by Crippen LogP contribution is -2.65. The molecule has 1 atom stereocenters. The third kappa shape index (κ3) is 1.47. The molecule has 4 heteroatoms. The van der Waals surface area contributed by atoms with Crippen LogP contribution in [0.4, 0.5) is 0 Å². The van der Waals surface area contributed by atoms with Gasteiger partial charge in [0.05, 0.1) is 13.7 Å². The molecule has 1 saturated carbocycles. The average molecular weight is 213 g/mol. The number of rotatable bonds is 1. The summed E-state index contributed by atoms with van der Waals surface area (Å²) in [6.07, 6.45) is 4.83. The van der Waals surface area contributed by atoms with E-state index < -0.39 is 5.54 Å². The standard InChI is InChI=1S/C11H19NO3/c1-14-9(13)11(12)6-7-15-8-10(11)4-2-3-5-10/h2-8,12H2,1H3.